The highest BCUT2D eigenvalue weighted by Crippen LogP contribution is 2.43. The minimum Gasteiger partial charge on any atom is -0.442 e. The fourth-order valence-corrected chi connectivity index (χ4v) is 6.68. The van der Waals surface area contributed by atoms with Gasteiger partial charge in [-0.05, 0) is 62.6 Å². The number of carbonyl (C=O) groups is 1. The third kappa shape index (κ3) is 3.68. The zero-order chi connectivity index (χ0) is 21.3. The summed E-state index contributed by atoms with van der Waals surface area (Å²) in [6, 6.07) is 18.5. The highest BCUT2D eigenvalue weighted by molar-refractivity contribution is 7.45. The minimum absolute atomic E-state index is 0.0173. The number of hydrogen-bond donors (Lipinski definition) is 0. The first-order chi connectivity index (χ1) is 14.4. The van der Waals surface area contributed by atoms with Gasteiger partial charge in [-0.1, -0.05) is 36.6 Å². The summed E-state index contributed by atoms with van der Waals surface area (Å²) >= 11 is 0. The van der Waals surface area contributed by atoms with E-state index < -0.39 is 5.60 Å². The standard InChI is InChI=1S/C27H27O2S/c1-5-27(4,24-12-8-6-10-19(24)2)29-26(28)21-14-16-23(17-15-21)30-20(3)18-22-11-7-9-13-25(22)30/h1,7,9,11,13-18,24H,2,6,8,10,12H2,3-4H3/q+1. The predicted molar refractivity (Wildman–Crippen MR) is 126 cm³/mol. The average Bonchev–Trinajstić information content (AvgIpc) is 3.09. The van der Waals surface area contributed by atoms with Gasteiger partial charge in [0.05, 0.1) is 5.56 Å². The molecule has 0 spiro atoms. The lowest BCUT2D eigenvalue weighted by molar-refractivity contribution is -0.00645. The first-order valence-corrected chi connectivity index (χ1v) is 11.7. The van der Waals surface area contributed by atoms with Crippen molar-refractivity contribution in [1.82, 2.24) is 0 Å². The fraction of sp³-hybridized carbons (Fsp3) is 0.296. The number of carbonyl (C=O) groups excluding carboxylic acids is 1. The molecule has 0 radical (unpaired) electrons. The lowest BCUT2D eigenvalue weighted by atomic mass is 9.75. The third-order valence-electron chi connectivity index (χ3n) is 6.14. The van der Waals surface area contributed by atoms with E-state index in [4.69, 9.17) is 11.2 Å². The summed E-state index contributed by atoms with van der Waals surface area (Å²) in [5.41, 5.74) is 0.659. The summed E-state index contributed by atoms with van der Waals surface area (Å²) in [6.07, 6.45) is 9.90. The Morgan fingerprint density at radius 1 is 1.20 bits per heavy atom. The van der Waals surface area contributed by atoms with Crippen LogP contribution in [-0.4, -0.2) is 11.6 Å². The molecule has 0 N–H and O–H groups in total. The molecule has 3 heteroatoms. The molecule has 1 heterocycles. The molecule has 30 heavy (non-hydrogen) atoms. The van der Waals surface area contributed by atoms with Crippen molar-refractivity contribution in [2.45, 2.75) is 45.1 Å². The molecule has 3 unspecified atom stereocenters. The monoisotopic (exact) mass is 415 g/mol. The van der Waals surface area contributed by atoms with Crippen LogP contribution in [0.3, 0.4) is 0 Å². The van der Waals surface area contributed by atoms with Gasteiger partial charge in [-0.3, -0.25) is 0 Å². The van der Waals surface area contributed by atoms with E-state index in [2.05, 4.69) is 49.8 Å². The van der Waals surface area contributed by atoms with Crippen molar-refractivity contribution in [2.75, 3.05) is 0 Å². The summed E-state index contributed by atoms with van der Waals surface area (Å²) in [5.74, 6) is 2.39. The van der Waals surface area contributed by atoms with Crippen molar-refractivity contribution in [3.8, 4) is 17.2 Å². The fourth-order valence-electron chi connectivity index (χ4n) is 4.47. The Balaban J connectivity index is 1.58. The van der Waals surface area contributed by atoms with E-state index in [1.54, 1.807) is 0 Å². The van der Waals surface area contributed by atoms with Crippen LogP contribution in [0.4, 0.5) is 0 Å². The van der Waals surface area contributed by atoms with Crippen LogP contribution in [0.2, 0.25) is 0 Å². The predicted octanol–water partition coefficient (Wildman–Crippen LogP) is 7.18. The third-order valence-corrected chi connectivity index (χ3v) is 8.45. The highest BCUT2D eigenvalue weighted by Gasteiger charge is 2.39. The number of rotatable bonds is 4. The Labute approximate surface area is 181 Å². The SMILES string of the molecule is C#CC(C)(OC(=O)c1ccc(-[s+]2c(C)cc3ccccc32)cc1)C1CCCCC1=C. The molecule has 1 aliphatic carbocycles. The van der Waals surface area contributed by atoms with Gasteiger partial charge >= 0.3 is 5.97 Å². The Morgan fingerprint density at radius 2 is 1.93 bits per heavy atom. The second-order valence-electron chi connectivity index (χ2n) is 8.22. The maximum absolute atomic E-state index is 12.9. The first kappa shape index (κ1) is 20.4. The largest absolute Gasteiger partial charge is 0.442 e. The van der Waals surface area contributed by atoms with Crippen molar-refractivity contribution in [3.05, 3.63) is 77.2 Å². The minimum atomic E-state index is -0.960. The van der Waals surface area contributed by atoms with Gasteiger partial charge in [-0.15, -0.1) is 6.42 Å². The van der Waals surface area contributed by atoms with Crippen molar-refractivity contribution < 1.29 is 9.53 Å². The van der Waals surface area contributed by atoms with Crippen molar-refractivity contribution in [3.63, 3.8) is 0 Å². The number of hydrogen-bond acceptors (Lipinski definition) is 2. The molecule has 1 saturated carbocycles. The van der Waals surface area contributed by atoms with Gasteiger partial charge in [0.1, 0.15) is 0 Å². The van der Waals surface area contributed by atoms with Gasteiger partial charge in [-0.25, -0.2) is 4.79 Å². The van der Waals surface area contributed by atoms with Gasteiger partial charge in [-0.2, -0.15) is 0 Å². The molecule has 1 aliphatic rings. The lowest BCUT2D eigenvalue weighted by Crippen LogP contribution is -2.40. The zero-order valence-electron chi connectivity index (χ0n) is 17.6. The summed E-state index contributed by atoms with van der Waals surface area (Å²) in [7, 11) is -0.0961. The Hall–Kier alpha value is -2.83. The van der Waals surface area contributed by atoms with Crippen LogP contribution < -0.4 is 0 Å². The molecule has 2 nitrogen and oxygen atoms in total. The molecule has 4 rings (SSSR count). The van der Waals surface area contributed by atoms with Gasteiger partial charge in [0.15, 0.2) is 20.1 Å². The van der Waals surface area contributed by atoms with E-state index in [0.29, 0.717) is 5.56 Å². The highest BCUT2D eigenvalue weighted by atomic mass is 32.2. The van der Waals surface area contributed by atoms with Crippen LogP contribution in [0.5, 0.6) is 0 Å². The molecule has 152 valence electrons. The van der Waals surface area contributed by atoms with E-state index >= 15 is 0 Å². The Kier molecular flexibility index (Phi) is 5.54. The van der Waals surface area contributed by atoms with Crippen LogP contribution in [0, 0.1) is 25.2 Å². The number of fused-ring (bicyclic) bond motifs is 1. The normalized spacial score (nSPS) is 19.2. The van der Waals surface area contributed by atoms with Gasteiger partial charge in [0.2, 0.25) is 0 Å². The maximum Gasteiger partial charge on any atom is 0.339 e. The van der Waals surface area contributed by atoms with Crippen LogP contribution in [0.25, 0.3) is 15.0 Å². The number of thiophene rings is 1. The van der Waals surface area contributed by atoms with Gasteiger partial charge in [0.25, 0.3) is 0 Å². The Bertz CT molecular complexity index is 1150. The van der Waals surface area contributed by atoms with Crippen molar-refractivity contribution in [2.24, 2.45) is 5.92 Å². The number of terminal acetylenes is 1. The van der Waals surface area contributed by atoms with Crippen molar-refractivity contribution >= 4 is 26.5 Å². The molecular weight excluding hydrogens is 388 g/mol. The van der Waals surface area contributed by atoms with Crippen LogP contribution in [0.1, 0.15) is 47.8 Å². The molecule has 0 amide bonds. The average molecular weight is 416 g/mol. The summed E-state index contributed by atoms with van der Waals surface area (Å²) in [6.45, 7) is 8.19. The van der Waals surface area contributed by atoms with Gasteiger partial charge < -0.3 is 4.74 Å². The lowest BCUT2D eigenvalue weighted by Gasteiger charge is -2.36. The zero-order valence-corrected chi connectivity index (χ0v) is 18.4. The molecule has 0 saturated heterocycles. The summed E-state index contributed by atoms with van der Waals surface area (Å²) < 4.78 is 7.22. The molecular formula is C27H27O2S+. The van der Waals surface area contributed by atoms with E-state index in [9.17, 15) is 4.79 Å². The molecule has 3 aromatic rings. The van der Waals surface area contributed by atoms with Crippen LogP contribution in [-0.2, 0) is 4.74 Å². The molecule has 0 aliphatic heterocycles. The number of esters is 1. The summed E-state index contributed by atoms with van der Waals surface area (Å²) in [5, 5.41) is 1.28. The first-order valence-electron chi connectivity index (χ1n) is 10.4. The van der Waals surface area contributed by atoms with E-state index in [1.807, 2.05) is 31.2 Å². The topological polar surface area (TPSA) is 26.3 Å². The van der Waals surface area contributed by atoms with E-state index in [1.165, 1.54) is 19.9 Å². The molecule has 1 aromatic heterocycles. The summed E-state index contributed by atoms with van der Waals surface area (Å²) in [4.78, 5) is 15.4. The van der Waals surface area contributed by atoms with E-state index in [-0.39, 0.29) is 22.4 Å². The molecule has 1 fully saturated rings. The van der Waals surface area contributed by atoms with Crippen LogP contribution in [0.15, 0.2) is 66.7 Å². The molecule has 3 atom stereocenters. The molecule has 0 bridgehead atoms. The second kappa shape index (κ2) is 8.13. The van der Waals surface area contributed by atoms with Crippen LogP contribution >= 0.6 is 10.5 Å². The Morgan fingerprint density at radius 3 is 2.63 bits per heavy atom. The smallest absolute Gasteiger partial charge is 0.339 e. The quantitative estimate of drug-likeness (QED) is 0.195. The number of benzene rings is 2. The maximum atomic E-state index is 12.9. The number of ether oxygens (including phenoxy) is 1. The number of aryl methyl sites for hydroxylation is 1. The van der Waals surface area contributed by atoms with Crippen molar-refractivity contribution in [1.29, 1.82) is 0 Å². The van der Waals surface area contributed by atoms with E-state index in [0.717, 1.165) is 31.3 Å². The molecule has 2 aromatic carbocycles. The second-order valence-corrected chi connectivity index (χ2v) is 10.4. The van der Waals surface area contributed by atoms with Gasteiger partial charge in [0, 0.05) is 34.8 Å².